The van der Waals surface area contributed by atoms with Crippen LogP contribution in [0.5, 0.6) is 0 Å². The van der Waals surface area contributed by atoms with Gasteiger partial charge in [0.15, 0.2) is 17.5 Å². The van der Waals surface area contributed by atoms with Gasteiger partial charge in [-0.1, -0.05) is 152 Å². The lowest BCUT2D eigenvalue weighted by Crippen LogP contribution is -2.29. The molecule has 0 saturated heterocycles. The Kier molecular flexibility index (Phi) is 8.00. The van der Waals surface area contributed by atoms with E-state index < -0.39 is 5.41 Å². The highest BCUT2D eigenvalue weighted by molar-refractivity contribution is 5.98. The topological polar surface area (TPSA) is 64.5 Å². The van der Waals surface area contributed by atoms with Gasteiger partial charge in [-0.05, 0) is 103 Å². The van der Waals surface area contributed by atoms with Gasteiger partial charge in [0.1, 0.15) is 0 Å². The number of hydrogen-bond acceptors (Lipinski definition) is 5. The van der Waals surface area contributed by atoms with E-state index in [2.05, 4.69) is 168 Å². The molecule has 5 nitrogen and oxygen atoms in total. The molecule has 61 heavy (non-hydrogen) atoms. The quantitative estimate of drug-likeness (QED) is 0.174. The number of nitrogens with zero attached hydrogens (tertiary/aromatic N) is 5. The van der Waals surface area contributed by atoms with Crippen LogP contribution >= 0.6 is 0 Å². The lowest BCUT2D eigenvalue weighted by Gasteiger charge is -2.35. The van der Waals surface area contributed by atoms with Gasteiger partial charge in [-0.2, -0.15) is 0 Å². The van der Waals surface area contributed by atoms with Crippen molar-refractivity contribution in [1.82, 2.24) is 24.9 Å². The maximum atomic E-state index is 5.38. The van der Waals surface area contributed by atoms with Gasteiger partial charge in [0, 0.05) is 52.6 Å². The number of rotatable bonds is 5. The zero-order chi connectivity index (χ0) is 40.3. The normalized spacial score (nSPS) is 12.7. The minimum atomic E-state index is -0.622. The average molecular weight is 778 g/mol. The Morgan fingerprint density at radius 3 is 1.20 bits per heavy atom. The molecule has 2 aliphatic carbocycles. The summed E-state index contributed by atoms with van der Waals surface area (Å²) in [6.07, 6.45) is 7.37. The molecule has 284 valence electrons. The summed E-state index contributed by atoms with van der Waals surface area (Å²) >= 11 is 0. The Labute approximate surface area is 353 Å². The summed E-state index contributed by atoms with van der Waals surface area (Å²) in [5.41, 5.74) is 18.4. The van der Waals surface area contributed by atoms with E-state index in [-0.39, 0.29) is 0 Å². The van der Waals surface area contributed by atoms with Crippen LogP contribution in [0.15, 0.2) is 213 Å². The van der Waals surface area contributed by atoms with Crippen LogP contribution in [-0.2, 0) is 5.41 Å². The molecule has 1 spiro atoms. The van der Waals surface area contributed by atoms with Crippen LogP contribution in [0.4, 0.5) is 0 Å². The van der Waals surface area contributed by atoms with Crippen LogP contribution in [0, 0.1) is 0 Å². The van der Waals surface area contributed by atoms with Crippen molar-refractivity contribution in [3.63, 3.8) is 0 Å². The highest BCUT2D eigenvalue weighted by atomic mass is 15.0. The van der Waals surface area contributed by atoms with Crippen molar-refractivity contribution in [2.45, 2.75) is 5.41 Å². The molecule has 0 radical (unpaired) electrons. The predicted molar refractivity (Wildman–Crippen MR) is 244 cm³/mol. The maximum Gasteiger partial charge on any atom is 0.164 e. The van der Waals surface area contributed by atoms with E-state index in [1.54, 1.807) is 12.4 Å². The van der Waals surface area contributed by atoms with E-state index >= 15 is 0 Å². The van der Waals surface area contributed by atoms with Crippen molar-refractivity contribution in [2.75, 3.05) is 0 Å². The van der Waals surface area contributed by atoms with Crippen LogP contribution in [0.2, 0.25) is 0 Å². The van der Waals surface area contributed by atoms with E-state index in [0.29, 0.717) is 17.5 Å². The molecule has 5 heteroatoms. The summed E-state index contributed by atoms with van der Waals surface area (Å²) in [5.74, 6) is 1.78. The van der Waals surface area contributed by atoms with Crippen molar-refractivity contribution in [1.29, 1.82) is 0 Å². The summed E-state index contributed by atoms with van der Waals surface area (Å²) in [7, 11) is 0. The smallest absolute Gasteiger partial charge is 0.164 e. The van der Waals surface area contributed by atoms with E-state index in [0.717, 1.165) is 38.9 Å². The van der Waals surface area contributed by atoms with Crippen LogP contribution in [0.3, 0.4) is 0 Å². The third-order valence-corrected chi connectivity index (χ3v) is 12.3. The monoisotopic (exact) mass is 777 g/mol. The molecule has 3 heterocycles. The highest BCUT2D eigenvalue weighted by Gasteiger charge is 2.49. The molecule has 2 aliphatic rings. The fourth-order valence-electron chi connectivity index (χ4n) is 9.69. The summed E-state index contributed by atoms with van der Waals surface area (Å²) < 4.78 is 0. The van der Waals surface area contributed by atoms with E-state index in [1.165, 1.54) is 55.6 Å². The predicted octanol–water partition coefficient (Wildman–Crippen LogP) is 13.0. The van der Waals surface area contributed by atoms with Gasteiger partial charge in [-0.15, -0.1) is 0 Å². The molecule has 10 aromatic rings. The maximum absolute atomic E-state index is 5.38. The zero-order valence-electron chi connectivity index (χ0n) is 32.9. The van der Waals surface area contributed by atoms with Crippen molar-refractivity contribution in [3.8, 4) is 89.8 Å². The summed E-state index contributed by atoms with van der Waals surface area (Å²) in [4.78, 5) is 24.8. The molecule has 0 N–H and O–H groups in total. The van der Waals surface area contributed by atoms with Crippen LogP contribution in [0.1, 0.15) is 22.3 Å². The molecule has 0 bridgehead atoms. The van der Waals surface area contributed by atoms with Crippen LogP contribution in [0.25, 0.3) is 89.8 Å². The van der Waals surface area contributed by atoms with E-state index in [9.17, 15) is 0 Å². The molecule has 0 amide bonds. The third-order valence-electron chi connectivity index (χ3n) is 12.3. The Bertz CT molecular complexity index is 3200. The average Bonchev–Trinajstić information content (AvgIpc) is 3.59. The molecule has 0 saturated carbocycles. The standard InChI is InChI=1S/C56H35N5/c1-2-14-36(15-3-1)53-59-54(61-55(60-53)42-31-40(38-16-12-28-57-34-38)30-41(32-42)39-17-13-29-58-35-39)37-26-27-48-44-19-5-4-18-43(44)45-20-6-9-23-49(45)56(52(48)33-37)50-24-10-7-21-46(50)47-22-8-11-25-51(47)56/h1-35H. The van der Waals surface area contributed by atoms with Crippen molar-refractivity contribution in [3.05, 3.63) is 235 Å². The minimum Gasteiger partial charge on any atom is -0.264 e. The second kappa shape index (κ2) is 14.0. The first kappa shape index (κ1) is 34.9. The van der Waals surface area contributed by atoms with Crippen molar-refractivity contribution < 1.29 is 0 Å². The first-order valence-corrected chi connectivity index (χ1v) is 20.6. The summed E-state index contributed by atoms with van der Waals surface area (Å²) in [5, 5.41) is 0. The molecule has 7 aromatic carbocycles. The van der Waals surface area contributed by atoms with Crippen LogP contribution in [-0.4, -0.2) is 24.9 Å². The molecule has 0 atom stereocenters. The molecular formula is C56H35N5. The van der Waals surface area contributed by atoms with Gasteiger partial charge in [0.25, 0.3) is 0 Å². The van der Waals surface area contributed by atoms with Gasteiger partial charge in [0.2, 0.25) is 0 Å². The summed E-state index contributed by atoms with van der Waals surface area (Å²) in [6.45, 7) is 0. The SMILES string of the molecule is c1ccc(-c2nc(-c3cc(-c4cccnc4)cc(-c4cccnc4)c3)nc(-c3ccc4c(c3)C3(c5ccccc5-c5ccccc5-4)c4ccccc4-c4ccccc43)n2)cc1. The second-order valence-electron chi connectivity index (χ2n) is 15.6. The largest absolute Gasteiger partial charge is 0.264 e. The fourth-order valence-corrected chi connectivity index (χ4v) is 9.69. The first-order chi connectivity index (χ1) is 30.2. The third kappa shape index (κ3) is 5.52. The number of benzene rings is 7. The molecular weight excluding hydrogens is 743 g/mol. The zero-order valence-corrected chi connectivity index (χ0v) is 32.9. The van der Waals surface area contributed by atoms with Gasteiger partial charge in [0.05, 0.1) is 5.41 Å². The van der Waals surface area contributed by atoms with Gasteiger partial charge < -0.3 is 0 Å². The number of hydrogen-bond donors (Lipinski definition) is 0. The van der Waals surface area contributed by atoms with Gasteiger partial charge >= 0.3 is 0 Å². The first-order valence-electron chi connectivity index (χ1n) is 20.6. The van der Waals surface area contributed by atoms with Gasteiger partial charge in [-0.3, -0.25) is 9.97 Å². The Hall–Kier alpha value is -8.15. The number of pyridine rings is 2. The molecule has 0 unspecified atom stereocenters. The fraction of sp³-hybridized carbons (Fsp3) is 0.0179. The minimum absolute atomic E-state index is 0.580. The molecule has 0 aliphatic heterocycles. The van der Waals surface area contributed by atoms with Crippen molar-refractivity contribution >= 4 is 0 Å². The Balaban J connectivity index is 1.14. The second-order valence-corrected chi connectivity index (χ2v) is 15.6. The lowest BCUT2D eigenvalue weighted by molar-refractivity contribution is 0.775. The number of aromatic nitrogens is 5. The molecule has 0 fully saturated rings. The van der Waals surface area contributed by atoms with Gasteiger partial charge in [-0.25, -0.2) is 15.0 Å². The van der Waals surface area contributed by atoms with E-state index in [4.69, 9.17) is 15.0 Å². The Morgan fingerprint density at radius 1 is 0.262 bits per heavy atom. The molecule has 3 aromatic heterocycles. The van der Waals surface area contributed by atoms with E-state index in [1.807, 2.05) is 42.7 Å². The number of fused-ring (bicyclic) bond motifs is 12. The summed E-state index contributed by atoms with van der Waals surface area (Å²) in [6, 6.07) is 67.2. The Morgan fingerprint density at radius 2 is 0.672 bits per heavy atom. The van der Waals surface area contributed by atoms with Crippen LogP contribution < -0.4 is 0 Å². The highest BCUT2D eigenvalue weighted by Crippen LogP contribution is 2.61. The lowest BCUT2D eigenvalue weighted by atomic mass is 9.65. The van der Waals surface area contributed by atoms with Crippen molar-refractivity contribution in [2.24, 2.45) is 0 Å². The molecule has 12 rings (SSSR count).